The molecule has 0 fully saturated rings. The molecule has 1 amide bonds. The van der Waals surface area contributed by atoms with Gasteiger partial charge >= 0.3 is 0 Å². The number of hydrogen-bond acceptors (Lipinski definition) is 3. The molecular weight excluding hydrogens is 283 g/mol. The zero-order valence-corrected chi connectivity index (χ0v) is 11.8. The van der Waals surface area contributed by atoms with Crippen molar-refractivity contribution >= 4 is 11.6 Å². The van der Waals surface area contributed by atoms with Crippen LogP contribution in [0.3, 0.4) is 0 Å². The van der Waals surface area contributed by atoms with Crippen molar-refractivity contribution < 1.29 is 9.18 Å². The third-order valence-corrected chi connectivity index (χ3v) is 3.07. The summed E-state index contributed by atoms with van der Waals surface area (Å²) in [5.74, 6) is -0.840. The van der Waals surface area contributed by atoms with Gasteiger partial charge in [0.15, 0.2) is 5.69 Å². The van der Waals surface area contributed by atoms with E-state index in [-0.39, 0.29) is 5.69 Å². The summed E-state index contributed by atoms with van der Waals surface area (Å²) < 4.78 is 13.1. The number of halogens is 1. The molecule has 0 bridgehead atoms. The minimum absolute atomic E-state index is 0.202. The van der Waals surface area contributed by atoms with Gasteiger partial charge in [-0.15, -0.1) is 5.10 Å². The van der Waals surface area contributed by atoms with Gasteiger partial charge in [-0.3, -0.25) is 4.79 Å². The number of hydrogen-bond donors (Lipinski definition) is 1. The first kappa shape index (κ1) is 13.9. The molecule has 110 valence electrons. The summed E-state index contributed by atoms with van der Waals surface area (Å²) in [7, 11) is 0. The molecule has 0 aliphatic rings. The predicted octanol–water partition coefficient (Wildman–Crippen LogP) is 2.97. The van der Waals surface area contributed by atoms with Gasteiger partial charge in [0.1, 0.15) is 5.82 Å². The first-order valence-electron chi connectivity index (χ1n) is 6.70. The number of carbonyl (C=O) groups excluding carboxylic acids is 1. The minimum Gasteiger partial charge on any atom is -0.320 e. The summed E-state index contributed by atoms with van der Waals surface area (Å²) in [5.41, 5.74) is 1.83. The van der Waals surface area contributed by atoms with Crippen molar-refractivity contribution in [3.8, 4) is 5.69 Å². The highest BCUT2D eigenvalue weighted by Gasteiger charge is 2.16. The van der Waals surface area contributed by atoms with Crippen LogP contribution in [-0.2, 0) is 0 Å². The molecule has 3 aromatic rings. The van der Waals surface area contributed by atoms with Crippen LogP contribution in [0.25, 0.3) is 5.69 Å². The molecule has 1 aromatic heterocycles. The van der Waals surface area contributed by atoms with E-state index >= 15 is 0 Å². The molecule has 1 heterocycles. The van der Waals surface area contributed by atoms with Crippen LogP contribution < -0.4 is 5.32 Å². The summed E-state index contributed by atoms with van der Waals surface area (Å²) in [4.78, 5) is 13.6. The number of anilines is 1. The molecule has 1 N–H and O–H groups in total. The van der Waals surface area contributed by atoms with E-state index in [9.17, 15) is 9.18 Å². The SMILES string of the molecule is Cc1nn(-c2ccccc2)nc1C(=O)Nc1cccc(F)c1. The largest absolute Gasteiger partial charge is 0.320 e. The lowest BCUT2D eigenvalue weighted by Gasteiger charge is -2.03. The lowest BCUT2D eigenvalue weighted by molar-refractivity contribution is 0.102. The number of aryl methyl sites for hydroxylation is 1. The fourth-order valence-electron chi connectivity index (χ4n) is 2.02. The van der Waals surface area contributed by atoms with E-state index in [4.69, 9.17) is 0 Å². The number of rotatable bonds is 3. The number of nitrogens with one attached hydrogen (secondary N) is 1. The first-order chi connectivity index (χ1) is 10.6. The predicted molar refractivity (Wildman–Crippen MR) is 80.4 cm³/mol. The van der Waals surface area contributed by atoms with Gasteiger partial charge in [0.05, 0.1) is 11.4 Å². The van der Waals surface area contributed by atoms with Crippen molar-refractivity contribution in [3.05, 3.63) is 71.8 Å². The van der Waals surface area contributed by atoms with E-state index in [0.717, 1.165) is 5.69 Å². The number of amides is 1. The van der Waals surface area contributed by atoms with E-state index in [2.05, 4.69) is 15.5 Å². The fraction of sp³-hybridized carbons (Fsp3) is 0.0625. The average molecular weight is 296 g/mol. The molecule has 2 aromatic carbocycles. The Morgan fingerprint density at radius 3 is 2.59 bits per heavy atom. The van der Waals surface area contributed by atoms with Crippen LogP contribution in [0.15, 0.2) is 54.6 Å². The van der Waals surface area contributed by atoms with Crippen LogP contribution in [-0.4, -0.2) is 20.9 Å². The Bertz CT molecular complexity index is 814. The van der Waals surface area contributed by atoms with E-state index in [0.29, 0.717) is 11.4 Å². The van der Waals surface area contributed by atoms with Gasteiger partial charge in [-0.1, -0.05) is 24.3 Å². The summed E-state index contributed by atoms with van der Waals surface area (Å²) in [6.45, 7) is 1.70. The number of carbonyl (C=O) groups is 1. The van der Waals surface area contributed by atoms with Gasteiger partial charge in [0, 0.05) is 5.69 Å². The topological polar surface area (TPSA) is 59.8 Å². The Balaban J connectivity index is 1.86. The first-order valence-corrected chi connectivity index (χ1v) is 6.70. The maximum absolute atomic E-state index is 13.1. The highest BCUT2D eigenvalue weighted by atomic mass is 19.1. The van der Waals surface area contributed by atoms with Crippen molar-refractivity contribution in [1.29, 1.82) is 0 Å². The molecule has 0 saturated carbocycles. The van der Waals surface area contributed by atoms with Gasteiger partial charge in [0.2, 0.25) is 0 Å². The molecule has 0 saturated heterocycles. The van der Waals surface area contributed by atoms with E-state index in [1.165, 1.54) is 23.0 Å². The number of nitrogens with zero attached hydrogens (tertiary/aromatic N) is 3. The maximum atomic E-state index is 13.1. The summed E-state index contributed by atoms with van der Waals surface area (Å²) in [5, 5.41) is 11.0. The Hall–Kier alpha value is -3.02. The van der Waals surface area contributed by atoms with Crippen LogP contribution in [0.2, 0.25) is 0 Å². The third-order valence-electron chi connectivity index (χ3n) is 3.07. The molecule has 0 aliphatic heterocycles. The highest BCUT2D eigenvalue weighted by molar-refractivity contribution is 6.03. The lowest BCUT2D eigenvalue weighted by Crippen LogP contribution is -2.14. The smallest absolute Gasteiger partial charge is 0.278 e. The highest BCUT2D eigenvalue weighted by Crippen LogP contribution is 2.13. The minimum atomic E-state index is -0.426. The lowest BCUT2D eigenvalue weighted by atomic mass is 10.3. The van der Waals surface area contributed by atoms with Crippen molar-refractivity contribution in [2.24, 2.45) is 0 Å². The second kappa shape index (κ2) is 5.77. The van der Waals surface area contributed by atoms with Gasteiger partial charge in [-0.25, -0.2) is 4.39 Å². The average Bonchev–Trinajstić information content (AvgIpc) is 2.90. The van der Waals surface area contributed by atoms with Gasteiger partial charge in [0.25, 0.3) is 5.91 Å². The van der Waals surface area contributed by atoms with Crippen LogP contribution in [0.4, 0.5) is 10.1 Å². The van der Waals surface area contributed by atoms with E-state index in [1.54, 1.807) is 13.0 Å². The summed E-state index contributed by atoms with van der Waals surface area (Å²) in [6, 6.07) is 15.0. The molecule has 6 heteroatoms. The molecular formula is C16H13FN4O. The zero-order valence-electron chi connectivity index (χ0n) is 11.8. The molecule has 0 aliphatic carbocycles. The number of aromatic nitrogens is 3. The number of benzene rings is 2. The van der Waals surface area contributed by atoms with Gasteiger partial charge in [-0.05, 0) is 37.3 Å². The Morgan fingerprint density at radius 2 is 1.86 bits per heavy atom. The quantitative estimate of drug-likeness (QED) is 0.808. The summed E-state index contributed by atoms with van der Waals surface area (Å²) in [6.07, 6.45) is 0. The normalized spacial score (nSPS) is 10.5. The molecule has 0 spiro atoms. The molecule has 0 radical (unpaired) electrons. The summed E-state index contributed by atoms with van der Waals surface area (Å²) >= 11 is 0. The zero-order chi connectivity index (χ0) is 15.5. The molecule has 3 rings (SSSR count). The Kier molecular flexibility index (Phi) is 3.65. The van der Waals surface area contributed by atoms with E-state index in [1.807, 2.05) is 30.3 Å². The van der Waals surface area contributed by atoms with Gasteiger partial charge < -0.3 is 5.32 Å². The molecule has 0 unspecified atom stereocenters. The Labute approximate surface area is 126 Å². The van der Waals surface area contributed by atoms with E-state index < -0.39 is 11.7 Å². The van der Waals surface area contributed by atoms with Crippen LogP contribution in [0, 0.1) is 12.7 Å². The van der Waals surface area contributed by atoms with Crippen molar-refractivity contribution in [2.45, 2.75) is 6.92 Å². The monoisotopic (exact) mass is 296 g/mol. The fourth-order valence-corrected chi connectivity index (χ4v) is 2.02. The standard InChI is InChI=1S/C16H13FN4O/c1-11-15(16(22)18-13-7-5-6-12(17)10-13)20-21(19-11)14-8-3-2-4-9-14/h2-10H,1H3,(H,18,22). The Morgan fingerprint density at radius 1 is 1.09 bits per heavy atom. The molecule has 5 nitrogen and oxygen atoms in total. The second-order valence-electron chi connectivity index (χ2n) is 4.72. The molecule has 0 atom stereocenters. The third kappa shape index (κ3) is 2.85. The molecule has 22 heavy (non-hydrogen) atoms. The van der Waals surface area contributed by atoms with Crippen LogP contribution in [0.1, 0.15) is 16.2 Å². The van der Waals surface area contributed by atoms with Crippen molar-refractivity contribution in [3.63, 3.8) is 0 Å². The van der Waals surface area contributed by atoms with Crippen molar-refractivity contribution in [1.82, 2.24) is 15.0 Å². The second-order valence-corrected chi connectivity index (χ2v) is 4.72. The number of para-hydroxylation sites is 1. The van der Waals surface area contributed by atoms with Crippen LogP contribution >= 0.6 is 0 Å². The van der Waals surface area contributed by atoms with Gasteiger partial charge in [-0.2, -0.15) is 9.90 Å². The maximum Gasteiger partial charge on any atom is 0.278 e. The van der Waals surface area contributed by atoms with Crippen molar-refractivity contribution in [2.75, 3.05) is 5.32 Å². The van der Waals surface area contributed by atoms with Crippen LogP contribution in [0.5, 0.6) is 0 Å².